The Morgan fingerprint density at radius 2 is 1.92 bits per heavy atom. The van der Waals surface area contributed by atoms with Crippen molar-refractivity contribution in [2.75, 3.05) is 6.54 Å². The molecule has 2 saturated heterocycles. The molecule has 0 saturated carbocycles. The molecule has 0 aliphatic carbocycles. The molecule has 0 spiro atoms. The van der Waals surface area contributed by atoms with Crippen LogP contribution < -0.4 is 5.32 Å². The van der Waals surface area contributed by atoms with Crippen molar-refractivity contribution in [1.29, 1.82) is 0 Å². The molecule has 2 aliphatic heterocycles. The van der Waals surface area contributed by atoms with E-state index < -0.39 is 0 Å². The lowest BCUT2D eigenvalue weighted by Crippen LogP contribution is -2.40. The van der Waals surface area contributed by atoms with Gasteiger partial charge < -0.3 is 10.2 Å². The van der Waals surface area contributed by atoms with Crippen LogP contribution in [-0.2, 0) is 11.3 Å². The summed E-state index contributed by atoms with van der Waals surface area (Å²) in [5.41, 5.74) is 0.618. The highest BCUT2D eigenvalue weighted by Gasteiger charge is 2.34. The Kier molecular flexibility index (Phi) is 7.70. The number of halogens is 2. The van der Waals surface area contributed by atoms with Gasteiger partial charge in [0.25, 0.3) is 0 Å². The maximum absolute atomic E-state index is 14.0. The minimum Gasteiger partial charge on any atom is -0.338 e. The molecule has 2 atom stereocenters. The number of nitrogens with one attached hydrogen (secondary N) is 1. The minimum atomic E-state index is -0.216. The van der Waals surface area contributed by atoms with E-state index in [1.807, 2.05) is 11.0 Å². The summed E-state index contributed by atoms with van der Waals surface area (Å²) in [6, 6.07) is 8.01. The highest BCUT2D eigenvalue weighted by Crippen LogP contribution is 2.33. The van der Waals surface area contributed by atoms with E-state index in [0.29, 0.717) is 36.5 Å². The smallest absolute Gasteiger partial charge is 0.223 e. The number of benzene rings is 1. The number of carbonyl (C=O) groups excluding carboxylic acids is 1. The Hall–Kier alpha value is -1.13. The second-order valence-electron chi connectivity index (χ2n) is 7.44. The maximum Gasteiger partial charge on any atom is 0.223 e. The molecule has 3 nitrogen and oxygen atoms in total. The molecular formula is C20H30ClFN2O. The first-order valence-corrected chi connectivity index (χ1v) is 9.43. The van der Waals surface area contributed by atoms with Crippen LogP contribution in [-0.4, -0.2) is 29.4 Å². The van der Waals surface area contributed by atoms with Crippen molar-refractivity contribution >= 4 is 18.3 Å². The van der Waals surface area contributed by atoms with Crippen LogP contribution >= 0.6 is 12.4 Å². The predicted molar refractivity (Wildman–Crippen MR) is 101 cm³/mol. The number of hydrogen-bond acceptors (Lipinski definition) is 2. The van der Waals surface area contributed by atoms with Crippen LogP contribution in [0.3, 0.4) is 0 Å². The van der Waals surface area contributed by atoms with Crippen molar-refractivity contribution in [3.05, 3.63) is 35.6 Å². The van der Waals surface area contributed by atoms with Gasteiger partial charge in [0.1, 0.15) is 5.82 Å². The second-order valence-corrected chi connectivity index (χ2v) is 7.44. The fourth-order valence-corrected chi connectivity index (χ4v) is 4.19. The van der Waals surface area contributed by atoms with E-state index in [1.54, 1.807) is 12.1 Å². The summed E-state index contributed by atoms with van der Waals surface area (Å²) in [5, 5.41) is 3.63. The third kappa shape index (κ3) is 5.42. The summed E-state index contributed by atoms with van der Waals surface area (Å²) in [5.74, 6) is 0.464. The van der Waals surface area contributed by atoms with Gasteiger partial charge in [-0.1, -0.05) is 31.5 Å². The standard InChI is InChI=1S/C20H29FN2O.ClH/c1-2-3-10-23(14-16-6-4-5-7-19(16)21)20(24)13-15-11-17-8-9-18(12-15)22-17;/h4-7,15,17-18,22H,2-3,8-14H2,1H3;1H. The molecule has 2 aliphatic rings. The van der Waals surface area contributed by atoms with Gasteiger partial charge in [-0.2, -0.15) is 0 Å². The first-order chi connectivity index (χ1) is 11.7. The molecule has 1 N–H and O–H groups in total. The van der Waals surface area contributed by atoms with Crippen LogP contribution in [0.1, 0.15) is 57.4 Å². The van der Waals surface area contributed by atoms with Gasteiger partial charge in [0.15, 0.2) is 0 Å². The first-order valence-electron chi connectivity index (χ1n) is 9.43. The Morgan fingerprint density at radius 1 is 1.24 bits per heavy atom. The zero-order chi connectivity index (χ0) is 16.9. The van der Waals surface area contributed by atoms with Crippen molar-refractivity contribution in [3.8, 4) is 0 Å². The summed E-state index contributed by atoms with van der Waals surface area (Å²) in [6.45, 7) is 3.24. The number of fused-ring (bicyclic) bond motifs is 2. The fourth-order valence-electron chi connectivity index (χ4n) is 4.19. The number of nitrogens with zero attached hydrogens (tertiary/aromatic N) is 1. The molecular weight excluding hydrogens is 339 g/mol. The van der Waals surface area contributed by atoms with E-state index in [9.17, 15) is 9.18 Å². The number of carbonyl (C=O) groups is 1. The lowest BCUT2D eigenvalue weighted by atomic mass is 9.89. The Labute approximate surface area is 156 Å². The van der Waals surface area contributed by atoms with Crippen LogP contribution in [0.5, 0.6) is 0 Å². The number of piperidine rings is 1. The summed E-state index contributed by atoms with van der Waals surface area (Å²) in [6.07, 6.45) is 7.37. The molecule has 0 radical (unpaired) electrons. The zero-order valence-electron chi connectivity index (χ0n) is 15.0. The normalized spacial score (nSPS) is 24.6. The van der Waals surface area contributed by atoms with E-state index >= 15 is 0 Å². The van der Waals surface area contributed by atoms with Crippen molar-refractivity contribution in [3.63, 3.8) is 0 Å². The van der Waals surface area contributed by atoms with Gasteiger partial charge >= 0.3 is 0 Å². The summed E-state index contributed by atoms with van der Waals surface area (Å²) in [4.78, 5) is 14.7. The zero-order valence-corrected chi connectivity index (χ0v) is 15.9. The third-order valence-corrected chi connectivity index (χ3v) is 5.49. The average Bonchev–Trinajstić information content (AvgIpc) is 2.91. The molecule has 1 aromatic rings. The second kappa shape index (κ2) is 9.54. The van der Waals surface area contributed by atoms with Gasteiger partial charge in [-0.05, 0) is 44.1 Å². The fraction of sp³-hybridized carbons (Fsp3) is 0.650. The van der Waals surface area contributed by atoms with Crippen LogP contribution in [0, 0.1) is 11.7 Å². The highest BCUT2D eigenvalue weighted by molar-refractivity contribution is 5.85. The van der Waals surface area contributed by atoms with Crippen molar-refractivity contribution in [2.45, 2.75) is 70.5 Å². The molecule has 3 rings (SSSR count). The van der Waals surface area contributed by atoms with Crippen LogP contribution in [0.15, 0.2) is 24.3 Å². The first kappa shape index (κ1) is 20.2. The van der Waals surface area contributed by atoms with Gasteiger partial charge in [-0.25, -0.2) is 4.39 Å². The van der Waals surface area contributed by atoms with E-state index in [-0.39, 0.29) is 24.1 Å². The van der Waals surface area contributed by atoms with Crippen LogP contribution in [0.4, 0.5) is 4.39 Å². The van der Waals surface area contributed by atoms with E-state index in [2.05, 4.69) is 12.2 Å². The molecule has 2 heterocycles. The Morgan fingerprint density at radius 3 is 2.56 bits per heavy atom. The van der Waals surface area contributed by atoms with Gasteiger partial charge in [0, 0.05) is 37.2 Å². The average molecular weight is 369 g/mol. The Bertz CT molecular complexity index is 556. The summed E-state index contributed by atoms with van der Waals surface area (Å²) >= 11 is 0. The quantitative estimate of drug-likeness (QED) is 0.778. The van der Waals surface area contributed by atoms with Crippen molar-refractivity contribution < 1.29 is 9.18 Å². The largest absolute Gasteiger partial charge is 0.338 e. The van der Waals surface area contributed by atoms with E-state index in [0.717, 1.165) is 32.2 Å². The third-order valence-electron chi connectivity index (χ3n) is 5.49. The number of rotatable bonds is 7. The minimum absolute atomic E-state index is 0. The van der Waals surface area contributed by atoms with Crippen LogP contribution in [0.25, 0.3) is 0 Å². The molecule has 1 aromatic carbocycles. The number of hydrogen-bond donors (Lipinski definition) is 1. The molecule has 1 amide bonds. The monoisotopic (exact) mass is 368 g/mol. The highest BCUT2D eigenvalue weighted by atomic mass is 35.5. The van der Waals surface area contributed by atoms with Crippen molar-refractivity contribution in [2.24, 2.45) is 5.92 Å². The topological polar surface area (TPSA) is 32.3 Å². The SMILES string of the molecule is CCCCN(Cc1ccccc1F)C(=O)CC1CC2CCC(C1)N2.Cl. The number of unbranched alkanes of at least 4 members (excludes halogenated alkanes) is 1. The molecule has 2 bridgehead atoms. The van der Waals surface area contributed by atoms with Gasteiger partial charge in [-0.3, -0.25) is 4.79 Å². The van der Waals surface area contributed by atoms with Crippen LogP contribution in [0.2, 0.25) is 0 Å². The lowest BCUT2D eigenvalue weighted by molar-refractivity contribution is -0.133. The van der Waals surface area contributed by atoms with Gasteiger partial charge in [0.2, 0.25) is 5.91 Å². The molecule has 2 fully saturated rings. The molecule has 25 heavy (non-hydrogen) atoms. The number of amides is 1. The molecule has 0 aromatic heterocycles. The predicted octanol–water partition coefficient (Wildman–Crippen LogP) is 4.30. The summed E-state index contributed by atoms with van der Waals surface area (Å²) < 4.78 is 14.0. The summed E-state index contributed by atoms with van der Waals surface area (Å²) in [7, 11) is 0. The molecule has 140 valence electrons. The van der Waals surface area contributed by atoms with E-state index in [1.165, 1.54) is 18.9 Å². The Balaban J connectivity index is 0.00000225. The maximum atomic E-state index is 14.0. The lowest BCUT2D eigenvalue weighted by Gasteiger charge is -2.31. The van der Waals surface area contributed by atoms with E-state index in [4.69, 9.17) is 0 Å². The van der Waals surface area contributed by atoms with Gasteiger partial charge in [-0.15, -0.1) is 12.4 Å². The molecule has 2 unspecified atom stereocenters. The van der Waals surface area contributed by atoms with Crippen molar-refractivity contribution in [1.82, 2.24) is 10.2 Å². The molecule has 5 heteroatoms. The van der Waals surface area contributed by atoms with Gasteiger partial charge in [0.05, 0.1) is 0 Å².